The molecule has 1 atom stereocenters. The Morgan fingerprint density at radius 1 is 1.42 bits per heavy atom. The largest absolute Gasteiger partial charge is 0.414 e. The van der Waals surface area contributed by atoms with Crippen LogP contribution < -0.4 is 10.5 Å². The molecule has 1 aliphatic carbocycles. The Morgan fingerprint density at radius 3 is 2.38 bits per heavy atom. The van der Waals surface area contributed by atoms with Crippen LogP contribution in [0.3, 0.4) is 0 Å². The molecule has 1 aromatic heterocycles. The number of hydrogen-bond donors (Lipinski definition) is 2. The molecule has 0 aromatic carbocycles. The highest BCUT2D eigenvalue weighted by Crippen LogP contribution is 2.42. The molecule has 2 rings (SSSR count). The highest BCUT2D eigenvalue weighted by Gasteiger charge is 2.57. The Bertz CT molecular complexity index is 730. The number of rotatable bonds is 5. The van der Waals surface area contributed by atoms with Gasteiger partial charge in [0.2, 0.25) is 15.9 Å². The van der Waals surface area contributed by atoms with Crippen LogP contribution in [0, 0.1) is 0 Å². The number of likely N-dealkylation sites (N-methyl/N-ethyl adjacent to an activating group) is 1. The molecule has 24 heavy (non-hydrogen) atoms. The Kier molecular flexibility index (Phi) is 4.53. The molecule has 0 saturated heterocycles. The van der Waals surface area contributed by atoms with E-state index in [0.29, 0.717) is 4.90 Å². The van der Waals surface area contributed by atoms with Crippen molar-refractivity contribution in [1.82, 2.24) is 14.6 Å². The lowest BCUT2D eigenvalue weighted by molar-refractivity contribution is -0.190. The number of nitrogen functional groups attached to an aromatic ring is 1. The Hall–Kier alpha value is -1.88. The van der Waals surface area contributed by atoms with Gasteiger partial charge in [-0.15, -0.1) is 0 Å². The predicted molar refractivity (Wildman–Crippen MR) is 80.2 cm³/mol. The number of amides is 1. The van der Waals surface area contributed by atoms with Crippen LogP contribution in [0.25, 0.3) is 0 Å². The zero-order chi connectivity index (χ0) is 18.3. The summed E-state index contributed by atoms with van der Waals surface area (Å²) < 4.78 is 65.2. The number of hydrogen-bond acceptors (Lipinski definition) is 5. The van der Waals surface area contributed by atoms with Crippen molar-refractivity contribution in [3.8, 4) is 0 Å². The molecule has 7 nitrogen and oxygen atoms in total. The summed E-state index contributed by atoms with van der Waals surface area (Å²) in [6.45, 7) is 0. The molecule has 0 spiro atoms. The van der Waals surface area contributed by atoms with Crippen molar-refractivity contribution in [3.63, 3.8) is 0 Å². The Balaban J connectivity index is 2.33. The van der Waals surface area contributed by atoms with Gasteiger partial charge in [0, 0.05) is 7.05 Å². The van der Waals surface area contributed by atoms with E-state index in [4.69, 9.17) is 5.73 Å². The van der Waals surface area contributed by atoms with Gasteiger partial charge in [0.25, 0.3) is 0 Å². The van der Waals surface area contributed by atoms with E-state index in [2.05, 4.69) is 9.71 Å². The molecule has 1 aliphatic rings. The maximum atomic E-state index is 13.5. The van der Waals surface area contributed by atoms with Crippen molar-refractivity contribution in [1.29, 1.82) is 0 Å². The molecule has 0 radical (unpaired) electrons. The first kappa shape index (κ1) is 18.5. The summed E-state index contributed by atoms with van der Waals surface area (Å²) in [5, 5.41) is 0. The zero-order valence-electron chi connectivity index (χ0n) is 13.0. The number of pyridine rings is 1. The lowest BCUT2D eigenvalue weighted by Gasteiger charge is -2.32. The van der Waals surface area contributed by atoms with Crippen LogP contribution in [0.2, 0.25) is 0 Å². The molecule has 1 aromatic rings. The Labute approximate surface area is 137 Å². The van der Waals surface area contributed by atoms with Crippen LogP contribution in [0.1, 0.15) is 24.6 Å². The number of nitrogens with one attached hydrogen (secondary N) is 1. The fraction of sp³-hybridized carbons (Fsp3) is 0.538. The minimum atomic E-state index is -4.78. The average Bonchev–Trinajstić information content (AvgIpc) is 3.17. The fourth-order valence-electron chi connectivity index (χ4n) is 2.46. The van der Waals surface area contributed by atoms with Gasteiger partial charge >= 0.3 is 6.18 Å². The zero-order valence-corrected chi connectivity index (χ0v) is 13.8. The van der Waals surface area contributed by atoms with Gasteiger partial charge in [-0.25, -0.2) is 8.42 Å². The van der Waals surface area contributed by atoms with E-state index in [0.717, 1.165) is 25.6 Å². The normalized spacial score (nSPS) is 18.0. The quantitative estimate of drug-likeness (QED) is 0.802. The number of aromatic nitrogens is 1. The number of sulfonamides is 1. The molecule has 1 heterocycles. The first-order chi connectivity index (χ1) is 10.9. The van der Waals surface area contributed by atoms with Gasteiger partial charge in [0.15, 0.2) is 6.04 Å². The summed E-state index contributed by atoms with van der Waals surface area (Å²) >= 11 is 0. The molecule has 1 saturated carbocycles. The number of nitrogens with zero attached hydrogens (tertiary/aromatic N) is 2. The van der Waals surface area contributed by atoms with Gasteiger partial charge in [0.05, 0.1) is 23.8 Å². The lowest BCUT2D eigenvalue weighted by Crippen LogP contribution is -2.52. The van der Waals surface area contributed by atoms with Crippen molar-refractivity contribution in [2.75, 3.05) is 19.0 Å². The average molecular weight is 366 g/mol. The first-order valence-electron chi connectivity index (χ1n) is 6.90. The third kappa shape index (κ3) is 3.96. The highest BCUT2D eigenvalue weighted by molar-refractivity contribution is 7.88. The third-order valence-corrected chi connectivity index (χ3v) is 4.41. The second-order valence-electron chi connectivity index (χ2n) is 5.83. The second kappa shape index (κ2) is 5.88. The van der Waals surface area contributed by atoms with E-state index in [9.17, 15) is 26.4 Å². The first-order valence-corrected chi connectivity index (χ1v) is 8.79. The minimum absolute atomic E-state index is 0.142. The molecule has 1 amide bonds. The number of nitrogens with two attached hydrogens (primary N) is 1. The van der Waals surface area contributed by atoms with Gasteiger partial charge in [-0.05, 0) is 25.0 Å². The monoisotopic (exact) mass is 366 g/mol. The fourth-order valence-corrected chi connectivity index (χ4v) is 3.46. The molecule has 1 fully saturated rings. The predicted octanol–water partition coefficient (Wildman–Crippen LogP) is 0.807. The second-order valence-corrected chi connectivity index (χ2v) is 7.58. The van der Waals surface area contributed by atoms with Crippen LogP contribution >= 0.6 is 0 Å². The molecule has 1 unspecified atom stereocenters. The summed E-state index contributed by atoms with van der Waals surface area (Å²) in [4.78, 5) is 16.6. The summed E-state index contributed by atoms with van der Waals surface area (Å²) in [5.74, 6) is -0.950. The van der Waals surface area contributed by atoms with E-state index in [1.807, 2.05) is 0 Å². The molecule has 3 N–H and O–H groups in total. The molecule has 0 aliphatic heterocycles. The Morgan fingerprint density at radius 2 is 2.00 bits per heavy atom. The van der Waals surface area contributed by atoms with Crippen molar-refractivity contribution in [3.05, 3.63) is 24.0 Å². The maximum Gasteiger partial charge on any atom is 0.414 e. The lowest BCUT2D eigenvalue weighted by atomic mass is 10.1. The number of carbonyl (C=O) groups is 1. The van der Waals surface area contributed by atoms with Crippen LogP contribution in [-0.2, 0) is 14.8 Å². The molecular formula is C13H17F3N4O3S. The molecule has 134 valence electrons. The van der Waals surface area contributed by atoms with Crippen molar-refractivity contribution >= 4 is 21.6 Å². The van der Waals surface area contributed by atoms with Crippen molar-refractivity contribution in [2.24, 2.45) is 0 Å². The van der Waals surface area contributed by atoms with Crippen LogP contribution in [0.5, 0.6) is 0 Å². The topological polar surface area (TPSA) is 105 Å². The standard InChI is InChI=1S/C13H17F3N4O3S/c1-20(11(21)12(5-6-12)19-24(2,22)23)10(13(14,15)16)9-4-3-8(17)7-18-9/h3-4,7,10,19H,5-6,17H2,1-2H3. The summed E-state index contributed by atoms with van der Waals surface area (Å²) in [6.07, 6.45) is -2.59. The molecule has 0 bridgehead atoms. The SMILES string of the molecule is CN(C(=O)C1(NS(C)(=O)=O)CC1)C(c1ccc(N)cn1)C(F)(F)F. The van der Waals surface area contributed by atoms with Crippen LogP contribution in [0.15, 0.2) is 18.3 Å². The van der Waals surface area contributed by atoms with Gasteiger partial charge in [-0.1, -0.05) is 0 Å². The molecular weight excluding hydrogens is 349 g/mol. The van der Waals surface area contributed by atoms with Crippen molar-refractivity contribution < 1.29 is 26.4 Å². The summed E-state index contributed by atoms with van der Waals surface area (Å²) in [7, 11) is -2.77. The van der Waals surface area contributed by atoms with E-state index >= 15 is 0 Å². The minimum Gasteiger partial charge on any atom is -0.397 e. The number of halogens is 3. The number of carbonyl (C=O) groups excluding carboxylic acids is 1. The number of alkyl halides is 3. The van der Waals surface area contributed by atoms with E-state index in [-0.39, 0.29) is 18.5 Å². The third-order valence-electron chi connectivity index (χ3n) is 3.65. The van der Waals surface area contributed by atoms with E-state index in [1.165, 1.54) is 6.07 Å². The summed E-state index contributed by atoms with van der Waals surface area (Å²) in [6, 6.07) is 0.0337. The summed E-state index contributed by atoms with van der Waals surface area (Å²) in [5.41, 5.74) is 3.69. The van der Waals surface area contributed by atoms with Crippen LogP contribution in [-0.4, -0.2) is 49.2 Å². The van der Waals surface area contributed by atoms with Gasteiger partial charge in [-0.2, -0.15) is 17.9 Å². The highest BCUT2D eigenvalue weighted by atomic mass is 32.2. The van der Waals surface area contributed by atoms with E-state index in [1.54, 1.807) is 0 Å². The smallest absolute Gasteiger partial charge is 0.397 e. The van der Waals surface area contributed by atoms with Crippen LogP contribution in [0.4, 0.5) is 18.9 Å². The van der Waals surface area contributed by atoms with Gasteiger partial charge in [0.1, 0.15) is 5.54 Å². The van der Waals surface area contributed by atoms with Gasteiger partial charge in [-0.3, -0.25) is 9.78 Å². The maximum absolute atomic E-state index is 13.5. The van der Waals surface area contributed by atoms with Crippen molar-refractivity contribution in [2.45, 2.75) is 30.6 Å². The molecule has 11 heteroatoms. The number of anilines is 1. The van der Waals surface area contributed by atoms with Gasteiger partial charge < -0.3 is 10.6 Å². The van der Waals surface area contributed by atoms with E-state index < -0.39 is 39.4 Å².